The molecule has 0 aromatic heterocycles. The van der Waals surface area contributed by atoms with E-state index in [9.17, 15) is 9.90 Å². The van der Waals surface area contributed by atoms with Crippen LogP contribution in [0.25, 0.3) is 0 Å². The van der Waals surface area contributed by atoms with Crippen molar-refractivity contribution in [2.24, 2.45) is 0 Å². The first-order valence-corrected chi connectivity index (χ1v) is 8.61. The Hall–Kier alpha value is -3.11. The number of fused-ring (bicyclic) bond motifs is 2. The number of ether oxygens (including phenoxy) is 1. The number of carboxylic acids is 1. The lowest BCUT2D eigenvalue weighted by Crippen LogP contribution is -2.42. The summed E-state index contributed by atoms with van der Waals surface area (Å²) in [5.74, 6) is 0.649. The molecular weight excluding hydrogens is 326 g/mol. The zero-order valence-corrected chi connectivity index (χ0v) is 14.1. The molecule has 0 radical (unpaired) electrons. The van der Waals surface area contributed by atoms with Crippen LogP contribution in [0, 0.1) is 0 Å². The van der Waals surface area contributed by atoms with E-state index in [2.05, 4.69) is 5.32 Å². The SMILES string of the molecule is O=C(O)[C@H](Cc1ccccc1)NC1c2ccccc2Oc2ccccc21. The van der Waals surface area contributed by atoms with E-state index in [4.69, 9.17) is 4.74 Å². The van der Waals surface area contributed by atoms with Crippen LogP contribution in [0.1, 0.15) is 22.7 Å². The van der Waals surface area contributed by atoms with Crippen LogP contribution >= 0.6 is 0 Å². The average molecular weight is 345 g/mol. The predicted molar refractivity (Wildman–Crippen MR) is 99.5 cm³/mol. The number of benzene rings is 3. The summed E-state index contributed by atoms with van der Waals surface area (Å²) in [6.45, 7) is 0. The molecule has 4 rings (SSSR count). The molecule has 0 saturated carbocycles. The molecule has 1 atom stereocenters. The van der Waals surface area contributed by atoms with E-state index in [1.165, 1.54) is 0 Å². The van der Waals surface area contributed by atoms with Gasteiger partial charge >= 0.3 is 5.97 Å². The second-order valence-electron chi connectivity index (χ2n) is 6.36. The Morgan fingerprint density at radius 1 is 0.885 bits per heavy atom. The average Bonchev–Trinajstić information content (AvgIpc) is 2.67. The third-order valence-electron chi connectivity index (χ3n) is 4.63. The molecule has 4 nitrogen and oxygen atoms in total. The highest BCUT2D eigenvalue weighted by Crippen LogP contribution is 2.42. The lowest BCUT2D eigenvalue weighted by atomic mass is 9.93. The molecule has 0 saturated heterocycles. The van der Waals surface area contributed by atoms with Gasteiger partial charge in [-0.25, -0.2) is 0 Å². The first kappa shape index (κ1) is 16.4. The van der Waals surface area contributed by atoms with Crippen LogP contribution in [0.4, 0.5) is 0 Å². The molecule has 2 N–H and O–H groups in total. The molecule has 3 aromatic carbocycles. The molecule has 0 aliphatic carbocycles. The van der Waals surface area contributed by atoms with Crippen molar-refractivity contribution in [3.05, 3.63) is 95.6 Å². The zero-order valence-electron chi connectivity index (χ0n) is 14.1. The summed E-state index contributed by atoms with van der Waals surface area (Å²) in [5.41, 5.74) is 2.89. The summed E-state index contributed by atoms with van der Waals surface area (Å²) < 4.78 is 5.98. The van der Waals surface area contributed by atoms with Gasteiger partial charge in [0, 0.05) is 11.1 Å². The Morgan fingerprint density at radius 3 is 2.00 bits per heavy atom. The number of carbonyl (C=O) groups is 1. The van der Waals surface area contributed by atoms with Crippen LogP contribution in [0.3, 0.4) is 0 Å². The molecule has 0 fully saturated rings. The van der Waals surface area contributed by atoms with E-state index in [1.54, 1.807) is 0 Å². The van der Waals surface area contributed by atoms with Crippen molar-refractivity contribution in [3.63, 3.8) is 0 Å². The lowest BCUT2D eigenvalue weighted by Gasteiger charge is -2.31. The maximum absolute atomic E-state index is 11.9. The number of hydrogen-bond donors (Lipinski definition) is 2. The van der Waals surface area contributed by atoms with Crippen molar-refractivity contribution < 1.29 is 14.6 Å². The van der Waals surface area contributed by atoms with E-state index in [0.717, 1.165) is 28.2 Å². The molecule has 4 heteroatoms. The Morgan fingerprint density at radius 2 is 1.42 bits per heavy atom. The van der Waals surface area contributed by atoms with Crippen molar-refractivity contribution in [1.82, 2.24) is 5.32 Å². The zero-order chi connectivity index (χ0) is 17.9. The van der Waals surface area contributed by atoms with Gasteiger partial charge in [0.2, 0.25) is 0 Å². The third-order valence-corrected chi connectivity index (χ3v) is 4.63. The molecule has 0 spiro atoms. The van der Waals surface area contributed by atoms with Crippen LogP contribution in [-0.4, -0.2) is 17.1 Å². The van der Waals surface area contributed by atoms with Gasteiger partial charge in [-0.3, -0.25) is 10.1 Å². The topological polar surface area (TPSA) is 58.6 Å². The molecule has 0 amide bonds. The smallest absolute Gasteiger partial charge is 0.321 e. The van der Waals surface area contributed by atoms with E-state index < -0.39 is 12.0 Å². The highest BCUT2D eigenvalue weighted by atomic mass is 16.5. The van der Waals surface area contributed by atoms with Crippen molar-refractivity contribution in [2.45, 2.75) is 18.5 Å². The molecule has 130 valence electrons. The van der Waals surface area contributed by atoms with E-state index in [-0.39, 0.29) is 6.04 Å². The summed E-state index contributed by atoms with van der Waals surface area (Å²) in [5, 5.41) is 13.1. The molecule has 3 aromatic rings. The van der Waals surface area contributed by atoms with E-state index in [0.29, 0.717) is 6.42 Å². The predicted octanol–water partition coefficient (Wildman–Crippen LogP) is 4.17. The second kappa shape index (κ2) is 7.02. The second-order valence-corrected chi connectivity index (χ2v) is 6.36. The van der Waals surface area contributed by atoms with Crippen LogP contribution in [0.15, 0.2) is 78.9 Å². The minimum absolute atomic E-state index is 0.235. The fourth-order valence-corrected chi connectivity index (χ4v) is 3.36. The molecule has 1 heterocycles. The van der Waals surface area contributed by atoms with Gasteiger partial charge in [-0.15, -0.1) is 0 Å². The number of nitrogens with one attached hydrogen (secondary N) is 1. The first-order valence-electron chi connectivity index (χ1n) is 8.61. The van der Waals surface area contributed by atoms with Crippen molar-refractivity contribution in [3.8, 4) is 11.5 Å². The summed E-state index contributed by atoms with van der Waals surface area (Å²) in [7, 11) is 0. The number of para-hydroxylation sites is 2. The standard InChI is InChI=1S/C22H19NO3/c24-22(25)18(14-15-8-2-1-3-9-15)23-21-16-10-4-6-12-19(16)26-20-13-7-5-11-17(20)21/h1-13,18,21,23H,14H2,(H,24,25)/t18-/m0/s1. The monoisotopic (exact) mass is 345 g/mol. The number of aliphatic carboxylic acids is 1. The van der Waals surface area contributed by atoms with Gasteiger partial charge in [0.1, 0.15) is 17.5 Å². The molecule has 0 bridgehead atoms. The maximum Gasteiger partial charge on any atom is 0.321 e. The quantitative estimate of drug-likeness (QED) is 0.729. The van der Waals surface area contributed by atoms with Crippen LogP contribution in [0.5, 0.6) is 11.5 Å². The van der Waals surface area contributed by atoms with Gasteiger partial charge < -0.3 is 9.84 Å². The fraction of sp³-hybridized carbons (Fsp3) is 0.136. The van der Waals surface area contributed by atoms with Gasteiger partial charge in [-0.05, 0) is 24.1 Å². The normalized spacial score (nSPS) is 14.0. The summed E-state index contributed by atoms with van der Waals surface area (Å²) in [6.07, 6.45) is 0.415. The third kappa shape index (κ3) is 3.19. The van der Waals surface area contributed by atoms with Crippen molar-refractivity contribution >= 4 is 5.97 Å². The minimum atomic E-state index is -0.865. The van der Waals surface area contributed by atoms with E-state index in [1.807, 2.05) is 78.9 Å². The summed E-state index contributed by atoms with van der Waals surface area (Å²) in [6, 6.07) is 24.2. The fourth-order valence-electron chi connectivity index (χ4n) is 3.36. The van der Waals surface area contributed by atoms with Crippen LogP contribution < -0.4 is 10.1 Å². The Labute approximate surface area is 152 Å². The van der Waals surface area contributed by atoms with Gasteiger partial charge in [0.25, 0.3) is 0 Å². The molecule has 1 aliphatic heterocycles. The van der Waals surface area contributed by atoms with Crippen molar-refractivity contribution in [1.29, 1.82) is 0 Å². The molecule has 1 aliphatic rings. The minimum Gasteiger partial charge on any atom is -0.480 e. The Kier molecular flexibility index (Phi) is 4.42. The van der Waals surface area contributed by atoms with Crippen molar-refractivity contribution in [2.75, 3.05) is 0 Å². The first-order chi connectivity index (χ1) is 12.7. The van der Waals surface area contributed by atoms with Gasteiger partial charge in [-0.2, -0.15) is 0 Å². The van der Waals surface area contributed by atoms with Crippen LogP contribution in [-0.2, 0) is 11.2 Å². The lowest BCUT2D eigenvalue weighted by molar-refractivity contribution is -0.139. The van der Waals surface area contributed by atoms with Gasteiger partial charge in [0.15, 0.2) is 0 Å². The molecule has 0 unspecified atom stereocenters. The summed E-state index contributed by atoms with van der Waals surface area (Å²) in [4.78, 5) is 11.9. The molecule has 26 heavy (non-hydrogen) atoms. The largest absolute Gasteiger partial charge is 0.480 e. The Bertz CT molecular complexity index is 878. The molecular formula is C22H19NO3. The van der Waals surface area contributed by atoms with Gasteiger partial charge in [0.05, 0.1) is 6.04 Å². The Balaban J connectivity index is 1.69. The summed E-state index contributed by atoms with van der Waals surface area (Å²) >= 11 is 0. The number of rotatable bonds is 5. The number of carboxylic acid groups (broad SMARTS) is 1. The highest BCUT2D eigenvalue weighted by Gasteiger charge is 2.30. The highest BCUT2D eigenvalue weighted by molar-refractivity contribution is 5.74. The van der Waals surface area contributed by atoms with Gasteiger partial charge in [-0.1, -0.05) is 66.7 Å². The van der Waals surface area contributed by atoms with E-state index >= 15 is 0 Å². The van der Waals surface area contributed by atoms with Crippen LogP contribution in [0.2, 0.25) is 0 Å². The number of hydrogen-bond acceptors (Lipinski definition) is 3. The maximum atomic E-state index is 11.9.